The summed E-state index contributed by atoms with van der Waals surface area (Å²) in [6, 6.07) is 12.5. The number of carbonyl (C=O) groups excluding carboxylic acids is 3. The van der Waals surface area contributed by atoms with Crippen LogP contribution >= 0.6 is 15.9 Å². The average molecular weight is 495 g/mol. The first-order chi connectivity index (χ1) is 15.4. The van der Waals surface area contributed by atoms with Gasteiger partial charge >= 0.3 is 0 Å². The zero-order valence-corrected chi connectivity index (χ0v) is 19.9. The molecular formula is C26H27BrN2O3. The summed E-state index contributed by atoms with van der Waals surface area (Å²) in [7, 11) is 0. The summed E-state index contributed by atoms with van der Waals surface area (Å²) in [5, 5.41) is 3.01. The number of hydrogen-bond acceptors (Lipinski definition) is 3. The van der Waals surface area contributed by atoms with Crippen LogP contribution in [0.25, 0.3) is 0 Å². The van der Waals surface area contributed by atoms with Crippen LogP contribution in [0.2, 0.25) is 0 Å². The molecule has 5 rings (SSSR count). The SMILES string of the molecule is Cc1c(Br)ccc(NC(=O)[C@H](Cc2ccccc2)N2C(=O)[C@H]3[C@H]4CC[C@@H](C4)[C@@H]3C2=O)c1C. The lowest BCUT2D eigenvalue weighted by Crippen LogP contribution is -2.49. The van der Waals surface area contributed by atoms with E-state index in [1.165, 1.54) is 4.90 Å². The van der Waals surface area contributed by atoms with E-state index in [4.69, 9.17) is 0 Å². The van der Waals surface area contributed by atoms with Gasteiger partial charge in [0, 0.05) is 16.6 Å². The summed E-state index contributed by atoms with van der Waals surface area (Å²) in [5.41, 5.74) is 3.63. The maximum Gasteiger partial charge on any atom is 0.248 e. The summed E-state index contributed by atoms with van der Waals surface area (Å²) in [6.07, 6.45) is 3.33. The second-order valence-electron chi connectivity index (χ2n) is 9.47. The topological polar surface area (TPSA) is 66.5 Å². The molecule has 5 atom stereocenters. The first kappa shape index (κ1) is 21.4. The number of likely N-dealkylation sites (tertiary alicyclic amines) is 1. The molecule has 3 aliphatic rings. The molecule has 5 nitrogen and oxygen atoms in total. The fourth-order valence-corrected chi connectivity index (χ4v) is 6.45. The molecule has 1 saturated heterocycles. The van der Waals surface area contributed by atoms with Crippen LogP contribution in [-0.2, 0) is 20.8 Å². The van der Waals surface area contributed by atoms with Crippen molar-refractivity contribution in [1.82, 2.24) is 4.90 Å². The van der Waals surface area contributed by atoms with Crippen molar-refractivity contribution in [2.45, 2.75) is 45.6 Å². The Morgan fingerprint density at radius 1 is 1.00 bits per heavy atom. The van der Waals surface area contributed by atoms with E-state index >= 15 is 0 Å². The van der Waals surface area contributed by atoms with Crippen molar-refractivity contribution in [3.8, 4) is 0 Å². The molecule has 3 fully saturated rings. The molecule has 32 heavy (non-hydrogen) atoms. The fraction of sp³-hybridized carbons (Fsp3) is 0.423. The monoisotopic (exact) mass is 494 g/mol. The third kappa shape index (κ3) is 3.40. The third-order valence-electron chi connectivity index (χ3n) is 7.83. The van der Waals surface area contributed by atoms with Crippen molar-refractivity contribution in [2.75, 3.05) is 5.32 Å². The predicted octanol–water partition coefficient (Wildman–Crippen LogP) is 4.65. The Labute approximate surface area is 196 Å². The largest absolute Gasteiger partial charge is 0.324 e. The van der Waals surface area contributed by atoms with Gasteiger partial charge in [0.2, 0.25) is 17.7 Å². The van der Waals surface area contributed by atoms with Crippen molar-refractivity contribution in [3.05, 3.63) is 63.6 Å². The Morgan fingerprint density at radius 3 is 2.25 bits per heavy atom. The molecule has 1 N–H and O–H groups in total. The molecule has 1 aliphatic heterocycles. The van der Waals surface area contributed by atoms with Crippen LogP contribution in [0.1, 0.15) is 36.0 Å². The number of carbonyl (C=O) groups is 3. The van der Waals surface area contributed by atoms with Crippen molar-refractivity contribution < 1.29 is 14.4 Å². The van der Waals surface area contributed by atoms with E-state index in [-0.39, 0.29) is 29.6 Å². The molecule has 166 valence electrons. The van der Waals surface area contributed by atoms with Gasteiger partial charge in [-0.3, -0.25) is 19.3 Å². The number of nitrogens with one attached hydrogen (secondary N) is 1. The normalized spacial score (nSPS) is 27.0. The first-order valence-electron chi connectivity index (χ1n) is 11.3. The van der Waals surface area contributed by atoms with Gasteiger partial charge in [-0.25, -0.2) is 0 Å². The molecule has 2 aliphatic carbocycles. The minimum Gasteiger partial charge on any atom is -0.324 e. The second kappa shape index (κ2) is 8.14. The molecule has 0 unspecified atom stereocenters. The Kier molecular flexibility index (Phi) is 5.44. The molecule has 2 aromatic carbocycles. The Balaban J connectivity index is 1.47. The molecule has 6 heteroatoms. The lowest BCUT2D eigenvalue weighted by atomic mass is 9.81. The molecule has 2 bridgehead atoms. The molecule has 2 aromatic rings. The first-order valence-corrected chi connectivity index (χ1v) is 12.1. The minimum atomic E-state index is -0.856. The molecule has 0 aromatic heterocycles. The van der Waals surface area contributed by atoms with Gasteiger partial charge in [-0.15, -0.1) is 0 Å². The quantitative estimate of drug-likeness (QED) is 0.615. The average Bonchev–Trinajstić information content (AvgIpc) is 3.47. The van der Waals surface area contributed by atoms with Gasteiger partial charge in [0.25, 0.3) is 0 Å². The van der Waals surface area contributed by atoms with Crippen molar-refractivity contribution in [3.63, 3.8) is 0 Å². The number of nitrogens with zero attached hydrogens (tertiary/aromatic N) is 1. The summed E-state index contributed by atoms with van der Waals surface area (Å²) in [5.74, 6) is -0.480. The van der Waals surface area contributed by atoms with Crippen LogP contribution in [0, 0.1) is 37.5 Å². The van der Waals surface area contributed by atoms with Gasteiger partial charge in [0.1, 0.15) is 6.04 Å². The van der Waals surface area contributed by atoms with Crippen LogP contribution in [0.4, 0.5) is 5.69 Å². The molecular weight excluding hydrogens is 468 g/mol. The summed E-state index contributed by atoms with van der Waals surface area (Å²) < 4.78 is 0.974. The Bertz CT molecular complexity index is 1070. The highest BCUT2D eigenvalue weighted by Gasteiger charge is 2.62. The number of imide groups is 1. The predicted molar refractivity (Wildman–Crippen MR) is 126 cm³/mol. The van der Waals surface area contributed by atoms with Gasteiger partial charge in [-0.05, 0) is 73.8 Å². The summed E-state index contributed by atoms with van der Waals surface area (Å²) >= 11 is 3.52. The number of hydrogen-bond donors (Lipinski definition) is 1. The number of benzene rings is 2. The molecule has 3 amide bonds. The number of rotatable bonds is 5. The van der Waals surface area contributed by atoms with E-state index in [1.807, 2.05) is 56.3 Å². The Hall–Kier alpha value is -2.47. The maximum atomic E-state index is 13.6. The maximum absolute atomic E-state index is 13.6. The number of fused-ring (bicyclic) bond motifs is 5. The fourth-order valence-electron chi connectivity index (χ4n) is 6.02. The highest BCUT2D eigenvalue weighted by molar-refractivity contribution is 9.10. The van der Waals surface area contributed by atoms with Gasteiger partial charge in [0.15, 0.2) is 0 Å². The highest BCUT2D eigenvalue weighted by Crippen LogP contribution is 2.56. The van der Waals surface area contributed by atoms with Gasteiger partial charge in [-0.1, -0.05) is 46.3 Å². The van der Waals surface area contributed by atoms with Crippen molar-refractivity contribution in [1.29, 1.82) is 0 Å². The summed E-state index contributed by atoms with van der Waals surface area (Å²) in [4.78, 5) is 41.8. The van der Waals surface area contributed by atoms with E-state index in [9.17, 15) is 14.4 Å². The van der Waals surface area contributed by atoms with E-state index in [2.05, 4.69) is 21.2 Å². The zero-order chi connectivity index (χ0) is 22.6. The lowest BCUT2D eigenvalue weighted by Gasteiger charge is -2.27. The lowest BCUT2D eigenvalue weighted by molar-refractivity contribution is -0.147. The Morgan fingerprint density at radius 2 is 1.62 bits per heavy atom. The zero-order valence-electron chi connectivity index (χ0n) is 18.3. The number of anilines is 1. The van der Waals surface area contributed by atoms with Crippen LogP contribution in [0.5, 0.6) is 0 Å². The highest BCUT2D eigenvalue weighted by atomic mass is 79.9. The van der Waals surface area contributed by atoms with Crippen LogP contribution < -0.4 is 5.32 Å². The smallest absolute Gasteiger partial charge is 0.248 e. The molecule has 0 spiro atoms. The van der Waals surface area contributed by atoms with E-state index in [1.54, 1.807) is 0 Å². The number of amides is 3. The third-order valence-corrected chi connectivity index (χ3v) is 8.69. The molecule has 1 heterocycles. The van der Waals surface area contributed by atoms with Crippen LogP contribution in [0.3, 0.4) is 0 Å². The van der Waals surface area contributed by atoms with Crippen molar-refractivity contribution >= 4 is 39.3 Å². The van der Waals surface area contributed by atoms with E-state index in [0.29, 0.717) is 23.9 Å². The van der Waals surface area contributed by atoms with Gasteiger partial charge in [-0.2, -0.15) is 0 Å². The number of halogens is 1. The second-order valence-corrected chi connectivity index (χ2v) is 10.3. The van der Waals surface area contributed by atoms with Crippen molar-refractivity contribution in [2.24, 2.45) is 23.7 Å². The standard InChI is InChI=1S/C26H27BrN2O3/c1-14-15(2)20(11-10-19(14)27)28-24(30)21(12-16-6-4-3-5-7-16)29-25(31)22-17-8-9-18(13-17)23(22)26(29)32/h3-7,10-11,17-18,21-23H,8-9,12-13H2,1-2H3,(H,28,30)/t17-,18-,21-,22-,23-/m0/s1. The van der Waals surface area contributed by atoms with Gasteiger partial charge in [0.05, 0.1) is 11.8 Å². The van der Waals surface area contributed by atoms with Crippen LogP contribution in [0.15, 0.2) is 46.9 Å². The molecule has 2 saturated carbocycles. The minimum absolute atomic E-state index is 0.146. The summed E-state index contributed by atoms with van der Waals surface area (Å²) in [6.45, 7) is 3.94. The van der Waals surface area contributed by atoms with Gasteiger partial charge < -0.3 is 5.32 Å². The van der Waals surface area contributed by atoms with E-state index in [0.717, 1.165) is 40.4 Å². The van der Waals surface area contributed by atoms with Crippen LogP contribution in [-0.4, -0.2) is 28.7 Å². The van der Waals surface area contributed by atoms with E-state index < -0.39 is 6.04 Å². The molecule has 0 radical (unpaired) electrons.